The molecule has 1 saturated heterocycles. The van der Waals surface area contributed by atoms with Gasteiger partial charge in [-0.2, -0.15) is 0 Å². The van der Waals surface area contributed by atoms with Crippen LogP contribution in [-0.2, 0) is 4.79 Å². The molecule has 8 nitrogen and oxygen atoms in total. The summed E-state index contributed by atoms with van der Waals surface area (Å²) in [6.45, 7) is 0.768. The molecule has 0 spiro atoms. The van der Waals surface area contributed by atoms with Crippen LogP contribution in [0.1, 0.15) is 6.42 Å². The van der Waals surface area contributed by atoms with Gasteiger partial charge in [-0.15, -0.1) is 10.2 Å². The van der Waals surface area contributed by atoms with Crippen LogP contribution in [0.2, 0.25) is 0 Å². The topological polar surface area (TPSA) is 110 Å². The highest BCUT2D eigenvalue weighted by molar-refractivity contribution is 5.81. The molecule has 3 heterocycles. The molecule has 0 aromatic carbocycles. The fourth-order valence-corrected chi connectivity index (χ4v) is 2.16. The van der Waals surface area contributed by atoms with Crippen molar-refractivity contribution in [3.05, 3.63) is 18.7 Å². The van der Waals surface area contributed by atoms with E-state index in [2.05, 4.69) is 15.2 Å². The van der Waals surface area contributed by atoms with Gasteiger partial charge in [-0.1, -0.05) is 0 Å². The smallest absolute Gasteiger partial charge is 0.325 e. The molecule has 2 aromatic rings. The van der Waals surface area contributed by atoms with Crippen molar-refractivity contribution in [1.82, 2.24) is 19.6 Å². The highest BCUT2D eigenvalue weighted by Gasteiger charge is 2.42. The van der Waals surface area contributed by atoms with E-state index in [1.165, 1.54) is 0 Å². The van der Waals surface area contributed by atoms with Crippen LogP contribution in [0.15, 0.2) is 18.7 Å². The van der Waals surface area contributed by atoms with E-state index >= 15 is 0 Å². The van der Waals surface area contributed by atoms with Crippen molar-refractivity contribution in [2.75, 3.05) is 18.0 Å². The first-order valence-electron chi connectivity index (χ1n) is 5.52. The summed E-state index contributed by atoms with van der Waals surface area (Å²) >= 11 is 0. The summed E-state index contributed by atoms with van der Waals surface area (Å²) in [7, 11) is 0. The van der Waals surface area contributed by atoms with Crippen molar-refractivity contribution in [1.29, 1.82) is 0 Å². The molecule has 3 rings (SSSR count). The molecule has 3 N–H and O–H groups in total. The van der Waals surface area contributed by atoms with Crippen LogP contribution in [0.5, 0.6) is 0 Å². The number of hydrogen-bond donors (Lipinski definition) is 2. The van der Waals surface area contributed by atoms with Crippen molar-refractivity contribution in [2.24, 2.45) is 5.73 Å². The minimum atomic E-state index is -1.21. The molecular formula is C10H12N6O2. The first-order chi connectivity index (χ1) is 8.60. The molecule has 1 aliphatic heterocycles. The highest BCUT2D eigenvalue weighted by Crippen LogP contribution is 2.26. The van der Waals surface area contributed by atoms with Crippen molar-refractivity contribution in [3.8, 4) is 0 Å². The number of aromatic nitrogens is 4. The van der Waals surface area contributed by atoms with Gasteiger partial charge in [-0.25, -0.2) is 4.98 Å². The molecule has 8 heteroatoms. The van der Waals surface area contributed by atoms with Crippen molar-refractivity contribution in [2.45, 2.75) is 12.0 Å². The molecular weight excluding hydrogens is 236 g/mol. The predicted octanol–water partition coefficient (Wildman–Crippen LogP) is -0.884. The van der Waals surface area contributed by atoms with Crippen molar-refractivity contribution >= 4 is 17.4 Å². The molecule has 94 valence electrons. The van der Waals surface area contributed by atoms with Gasteiger partial charge in [0.05, 0.1) is 0 Å². The zero-order chi connectivity index (χ0) is 12.8. The van der Waals surface area contributed by atoms with Gasteiger partial charge < -0.3 is 15.7 Å². The lowest BCUT2D eigenvalue weighted by Crippen LogP contribution is -2.50. The Morgan fingerprint density at radius 3 is 3.11 bits per heavy atom. The predicted molar refractivity (Wildman–Crippen MR) is 62.2 cm³/mol. The molecule has 1 atom stereocenters. The minimum Gasteiger partial charge on any atom is -0.480 e. The Labute approximate surface area is 102 Å². The van der Waals surface area contributed by atoms with Crippen LogP contribution in [0.3, 0.4) is 0 Å². The number of nitrogens with two attached hydrogens (primary N) is 1. The van der Waals surface area contributed by atoms with Crippen molar-refractivity contribution < 1.29 is 9.90 Å². The number of carboxylic acid groups (broad SMARTS) is 1. The van der Waals surface area contributed by atoms with Crippen molar-refractivity contribution in [3.63, 3.8) is 0 Å². The fraction of sp³-hybridized carbons (Fsp3) is 0.400. The van der Waals surface area contributed by atoms with Gasteiger partial charge >= 0.3 is 5.97 Å². The number of fused-ring (bicyclic) bond motifs is 1. The average Bonchev–Trinajstić information content (AvgIpc) is 2.95. The molecule has 1 aliphatic rings. The maximum Gasteiger partial charge on any atom is 0.325 e. The maximum absolute atomic E-state index is 11.1. The Bertz CT molecular complexity index is 611. The van der Waals surface area contributed by atoms with Crippen LogP contribution in [0.4, 0.5) is 5.82 Å². The molecule has 1 fully saturated rings. The van der Waals surface area contributed by atoms with E-state index in [0.29, 0.717) is 24.4 Å². The standard InChI is InChI=1S/C10H12N6O2/c11-10(9(17)18)1-3-15(5-10)7-8-14-13-6-16(8)4-2-12-7/h2,4,6H,1,3,5,11H2,(H,17,18). The SMILES string of the molecule is NC1(C(=O)O)CCN(c2nccn3cnnc23)C1. The van der Waals surface area contributed by atoms with E-state index in [9.17, 15) is 4.79 Å². The zero-order valence-electron chi connectivity index (χ0n) is 9.52. The number of carbonyl (C=O) groups is 1. The average molecular weight is 248 g/mol. The lowest BCUT2D eigenvalue weighted by Gasteiger charge is -2.20. The Hall–Kier alpha value is -2.22. The number of hydrogen-bond acceptors (Lipinski definition) is 6. The lowest BCUT2D eigenvalue weighted by atomic mass is 10.0. The van der Waals surface area contributed by atoms with Gasteiger partial charge in [-0.3, -0.25) is 9.20 Å². The maximum atomic E-state index is 11.1. The Morgan fingerprint density at radius 2 is 2.39 bits per heavy atom. The molecule has 18 heavy (non-hydrogen) atoms. The molecule has 0 aliphatic carbocycles. The van der Waals surface area contributed by atoms with Gasteiger partial charge in [0.25, 0.3) is 0 Å². The van der Waals surface area contributed by atoms with Crippen LogP contribution >= 0.6 is 0 Å². The van der Waals surface area contributed by atoms with Gasteiger partial charge in [0.1, 0.15) is 11.9 Å². The summed E-state index contributed by atoms with van der Waals surface area (Å²) < 4.78 is 1.74. The van der Waals surface area contributed by atoms with E-state index in [4.69, 9.17) is 10.8 Å². The largest absolute Gasteiger partial charge is 0.480 e. The van der Waals surface area contributed by atoms with Gasteiger partial charge in [0, 0.05) is 25.5 Å². The van der Waals surface area contributed by atoms with Gasteiger partial charge in [0.2, 0.25) is 5.65 Å². The fourth-order valence-electron chi connectivity index (χ4n) is 2.16. The second-order valence-electron chi connectivity index (χ2n) is 4.45. The van der Waals surface area contributed by atoms with E-state index < -0.39 is 11.5 Å². The number of anilines is 1. The van der Waals surface area contributed by atoms with E-state index in [0.717, 1.165) is 0 Å². The number of aliphatic carboxylic acids is 1. The second-order valence-corrected chi connectivity index (χ2v) is 4.45. The van der Waals surface area contributed by atoms with Gasteiger partial charge in [0.15, 0.2) is 5.82 Å². The van der Waals surface area contributed by atoms with Gasteiger partial charge in [-0.05, 0) is 6.42 Å². The molecule has 2 aromatic heterocycles. The third kappa shape index (κ3) is 1.50. The minimum absolute atomic E-state index is 0.224. The Morgan fingerprint density at radius 1 is 1.56 bits per heavy atom. The van der Waals surface area contributed by atoms with Crippen LogP contribution in [-0.4, -0.2) is 49.3 Å². The Kier molecular flexibility index (Phi) is 2.20. The normalized spacial score (nSPS) is 23.7. The first kappa shape index (κ1) is 10.9. The Balaban J connectivity index is 1.98. The third-order valence-electron chi connectivity index (χ3n) is 3.22. The van der Waals surface area contributed by atoms with Crippen LogP contribution < -0.4 is 10.6 Å². The summed E-state index contributed by atoms with van der Waals surface area (Å²) in [6.07, 6.45) is 5.33. The molecule has 0 saturated carbocycles. The number of nitrogens with zero attached hydrogens (tertiary/aromatic N) is 5. The van der Waals surface area contributed by atoms with E-state index in [1.807, 2.05) is 4.90 Å². The zero-order valence-corrected chi connectivity index (χ0v) is 9.52. The van der Waals surface area contributed by atoms with Crippen LogP contribution in [0.25, 0.3) is 5.65 Å². The quantitative estimate of drug-likeness (QED) is 0.709. The second kappa shape index (κ2) is 3.64. The summed E-state index contributed by atoms with van der Waals surface area (Å²) in [5.41, 5.74) is 5.23. The molecule has 0 amide bonds. The summed E-state index contributed by atoms with van der Waals surface area (Å²) in [6, 6.07) is 0. The summed E-state index contributed by atoms with van der Waals surface area (Å²) in [5, 5.41) is 16.9. The van der Waals surface area contributed by atoms with Crippen LogP contribution in [0, 0.1) is 0 Å². The number of carboxylic acids is 1. The molecule has 1 unspecified atom stereocenters. The highest BCUT2D eigenvalue weighted by atomic mass is 16.4. The van der Waals surface area contributed by atoms with E-state index in [1.54, 1.807) is 23.1 Å². The summed E-state index contributed by atoms with van der Waals surface area (Å²) in [5.74, 6) is -0.373. The lowest BCUT2D eigenvalue weighted by molar-refractivity contribution is -0.142. The summed E-state index contributed by atoms with van der Waals surface area (Å²) in [4.78, 5) is 17.2. The van der Waals surface area contributed by atoms with E-state index in [-0.39, 0.29) is 6.54 Å². The molecule has 0 bridgehead atoms. The molecule has 0 radical (unpaired) electrons. The monoisotopic (exact) mass is 248 g/mol. The number of rotatable bonds is 2. The third-order valence-corrected chi connectivity index (χ3v) is 3.22. The first-order valence-corrected chi connectivity index (χ1v) is 5.52.